The van der Waals surface area contributed by atoms with Crippen molar-refractivity contribution in [3.63, 3.8) is 0 Å². The molecule has 4 nitrogen and oxygen atoms in total. The molecule has 0 atom stereocenters. The van der Waals surface area contributed by atoms with Gasteiger partial charge in [0, 0.05) is 29.8 Å². The standard InChI is InChI=1S/C12H10F3NO3/c1-18-6-7-4-11(17)9-5-8(19-12(13,14)15)2-3-10(9)16-7/h2-5H,6H2,1H3,(H,16,17). The number of aromatic nitrogens is 1. The molecule has 0 unspecified atom stereocenters. The number of benzene rings is 1. The summed E-state index contributed by atoms with van der Waals surface area (Å²) < 4.78 is 44.9. The van der Waals surface area contributed by atoms with Crippen LogP contribution in [0.1, 0.15) is 5.69 Å². The second-order valence-corrected chi connectivity index (χ2v) is 3.85. The Morgan fingerprint density at radius 2 is 2.00 bits per heavy atom. The van der Waals surface area contributed by atoms with Gasteiger partial charge < -0.3 is 14.5 Å². The second-order valence-electron chi connectivity index (χ2n) is 3.85. The maximum atomic E-state index is 12.1. The maximum Gasteiger partial charge on any atom is 0.573 e. The predicted octanol–water partition coefficient (Wildman–Crippen LogP) is 2.57. The van der Waals surface area contributed by atoms with Crippen LogP contribution in [-0.4, -0.2) is 18.5 Å². The number of methoxy groups -OCH3 is 1. The molecule has 0 radical (unpaired) electrons. The maximum absolute atomic E-state index is 12.1. The van der Waals surface area contributed by atoms with Crippen molar-refractivity contribution >= 4 is 10.9 Å². The number of halogens is 3. The second kappa shape index (κ2) is 4.93. The molecule has 0 aliphatic carbocycles. The van der Waals surface area contributed by atoms with Gasteiger partial charge in [0.1, 0.15) is 5.75 Å². The number of fused-ring (bicyclic) bond motifs is 1. The summed E-state index contributed by atoms with van der Waals surface area (Å²) in [7, 11) is 1.47. The molecule has 0 fully saturated rings. The predicted molar refractivity (Wildman–Crippen MR) is 62.0 cm³/mol. The monoisotopic (exact) mass is 273 g/mol. The van der Waals surface area contributed by atoms with E-state index in [1.807, 2.05) is 0 Å². The molecular formula is C12H10F3NO3. The van der Waals surface area contributed by atoms with Crippen LogP contribution in [-0.2, 0) is 11.3 Å². The molecule has 1 N–H and O–H groups in total. The van der Waals surface area contributed by atoms with Crippen LogP contribution in [0.15, 0.2) is 29.1 Å². The lowest BCUT2D eigenvalue weighted by molar-refractivity contribution is -0.274. The van der Waals surface area contributed by atoms with Crippen molar-refractivity contribution in [1.29, 1.82) is 0 Å². The minimum Gasteiger partial charge on any atom is -0.406 e. The fraction of sp³-hybridized carbons (Fsp3) is 0.250. The summed E-state index contributed by atoms with van der Waals surface area (Å²) in [6.07, 6.45) is -4.78. The Bertz CT molecular complexity index is 649. The summed E-state index contributed by atoms with van der Waals surface area (Å²) in [5.41, 5.74) is 0.576. The third-order valence-corrected chi connectivity index (χ3v) is 2.39. The van der Waals surface area contributed by atoms with E-state index in [1.165, 1.54) is 19.2 Å². The van der Waals surface area contributed by atoms with E-state index in [2.05, 4.69) is 9.72 Å². The quantitative estimate of drug-likeness (QED) is 0.935. The van der Waals surface area contributed by atoms with Crippen LogP contribution in [0.5, 0.6) is 5.75 Å². The number of hydrogen-bond acceptors (Lipinski definition) is 3. The van der Waals surface area contributed by atoms with Gasteiger partial charge in [0.2, 0.25) is 0 Å². The van der Waals surface area contributed by atoms with E-state index >= 15 is 0 Å². The van der Waals surface area contributed by atoms with Crippen LogP contribution in [0, 0.1) is 0 Å². The topological polar surface area (TPSA) is 51.3 Å². The number of rotatable bonds is 3. The largest absolute Gasteiger partial charge is 0.573 e. The van der Waals surface area contributed by atoms with E-state index in [4.69, 9.17) is 4.74 Å². The van der Waals surface area contributed by atoms with E-state index in [9.17, 15) is 18.0 Å². The van der Waals surface area contributed by atoms with Crippen molar-refractivity contribution in [3.8, 4) is 5.75 Å². The Balaban J connectivity index is 2.46. The molecule has 0 spiro atoms. The fourth-order valence-electron chi connectivity index (χ4n) is 1.71. The summed E-state index contributed by atoms with van der Waals surface area (Å²) in [5.74, 6) is -0.426. The molecule has 0 saturated carbocycles. The molecule has 0 aliphatic rings. The lowest BCUT2D eigenvalue weighted by Gasteiger charge is -2.09. The molecule has 0 aliphatic heterocycles. The molecule has 19 heavy (non-hydrogen) atoms. The molecule has 0 bridgehead atoms. The van der Waals surface area contributed by atoms with Crippen molar-refractivity contribution in [1.82, 2.24) is 4.98 Å². The highest BCUT2D eigenvalue weighted by Gasteiger charge is 2.31. The van der Waals surface area contributed by atoms with Crippen LogP contribution in [0.25, 0.3) is 10.9 Å². The van der Waals surface area contributed by atoms with Crippen molar-refractivity contribution in [2.24, 2.45) is 0 Å². The number of aromatic amines is 1. The van der Waals surface area contributed by atoms with Gasteiger partial charge in [0.15, 0.2) is 5.43 Å². The number of pyridine rings is 1. The van der Waals surface area contributed by atoms with Crippen LogP contribution in [0.4, 0.5) is 13.2 Å². The first-order chi connectivity index (χ1) is 8.89. The summed E-state index contributed by atoms with van der Waals surface area (Å²) in [4.78, 5) is 14.7. The zero-order valence-electron chi connectivity index (χ0n) is 9.88. The third-order valence-electron chi connectivity index (χ3n) is 2.39. The Labute approximate surface area is 105 Å². The van der Waals surface area contributed by atoms with Gasteiger partial charge in [-0.3, -0.25) is 4.79 Å². The molecule has 0 amide bonds. The molecule has 2 aromatic rings. The van der Waals surface area contributed by atoms with Gasteiger partial charge in [-0.2, -0.15) is 0 Å². The highest BCUT2D eigenvalue weighted by Crippen LogP contribution is 2.24. The van der Waals surface area contributed by atoms with Gasteiger partial charge in [0.05, 0.1) is 6.61 Å². The van der Waals surface area contributed by atoms with Crippen LogP contribution < -0.4 is 10.2 Å². The number of hydrogen-bond donors (Lipinski definition) is 1. The van der Waals surface area contributed by atoms with E-state index < -0.39 is 17.5 Å². The molecule has 1 aromatic heterocycles. The van der Waals surface area contributed by atoms with E-state index in [1.54, 1.807) is 0 Å². The molecule has 1 aromatic carbocycles. The average Bonchev–Trinajstić information content (AvgIpc) is 2.28. The highest BCUT2D eigenvalue weighted by atomic mass is 19.4. The van der Waals surface area contributed by atoms with Gasteiger partial charge in [-0.25, -0.2) is 0 Å². The Morgan fingerprint density at radius 3 is 2.63 bits per heavy atom. The normalized spacial score (nSPS) is 11.8. The summed E-state index contributed by atoms with van der Waals surface area (Å²) in [5, 5.41) is 0.126. The van der Waals surface area contributed by atoms with Crippen LogP contribution >= 0.6 is 0 Å². The first-order valence-corrected chi connectivity index (χ1v) is 5.30. The lowest BCUT2D eigenvalue weighted by Crippen LogP contribution is -2.17. The van der Waals surface area contributed by atoms with Gasteiger partial charge in [0.25, 0.3) is 0 Å². The van der Waals surface area contributed by atoms with Gasteiger partial charge in [-0.15, -0.1) is 13.2 Å². The third kappa shape index (κ3) is 3.25. The van der Waals surface area contributed by atoms with Crippen molar-refractivity contribution in [2.75, 3.05) is 7.11 Å². The van der Waals surface area contributed by atoms with E-state index in [0.717, 1.165) is 12.1 Å². The Kier molecular flexibility index (Phi) is 3.48. The molecule has 1 heterocycles. The average molecular weight is 273 g/mol. The van der Waals surface area contributed by atoms with Crippen molar-refractivity contribution in [3.05, 3.63) is 40.2 Å². The van der Waals surface area contributed by atoms with Crippen LogP contribution in [0.3, 0.4) is 0 Å². The van der Waals surface area contributed by atoms with Gasteiger partial charge in [-0.05, 0) is 18.2 Å². The van der Waals surface area contributed by atoms with Gasteiger partial charge in [-0.1, -0.05) is 0 Å². The van der Waals surface area contributed by atoms with Crippen molar-refractivity contribution < 1.29 is 22.6 Å². The smallest absolute Gasteiger partial charge is 0.406 e. The van der Waals surface area contributed by atoms with Crippen LogP contribution in [0.2, 0.25) is 0 Å². The SMILES string of the molecule is COCc1cc(=O)c2cc(OC(F)(F)F)ccc2[nH]1. The first kappa shape index (κ1) is 13.4. The Hall–Kier alpha value is -2.02. The molecule has 0 saturated heterocycles. The minimum absolute atomic E-state index is 0.126. The lowest BCUT2D eigenvalue weighted by atomic mass is 10.2. The fourth-order valence-corrected chi connectivity index (χ4v) is 1.71. The molecule has 2 rings (SSSR count). The zero-order valence-corrected chi connectivity index (χ0v) is 9.88. The molecule has 102 valence electrons. The molecule has 7 heteroatoms. The first-order valence-electron chi connectivity index (χ1n) is 5.30. The Morgan fingerprint density at radius 1 is 1.26 bits per heavy atom. The van der Waals surface area contributed by atoms with E-state index in [0.29, 0.717) is 11.2 Å². The van der Waals surface area contributed by atoms with E-state index in [-0.39, 0.29) is 12.0 Å². The number of ether oxygens (including phenoxy) is 2. The number of nitrogens with one attached hydrogen (secondary N) is 1. The minimum atomic E-state index is -4.78. The zero-order chi connectivity index (χ0) is 14.0. The summed E-state index contributed by atoms with van der Waals surface area (Å²) >= 11 is 0. The van der Waals surface area contributed by atoms with Crippen molar-refractivity contribution in [2.45, 2.75) is 13.0 Å². The summed E-state index contributed by atoms with van der Waals surface area (Å²) in [6, 6.07) is 4.83. The van der Waals surface area contributed by atoms with Gasteiger partial charge >= 0.3 is 6.36 Å². The molecular weight excluding hydrogens is 263 g/mol. The summed E-state index contributed by atoms with van der Waals surface area (Å²) in [6.45, 7) is 0.214. The number of alkyl halides is 3. The number of H-pyrrole nitrogens is 1. The highest BCUT2D eigenvalue weighted by molar-refractivity contribution is 5.80.